The molecular formula is C31H26FN7O. The zero-order chi connectivity index (χ0) is 27.8. The first-order valence-electron chi connectivity index (χ1n) is 12.9. The zero-order valence-electron chi connectivity index (χ0n) is 21.9. The highest BCUT2D eigenvalue weighted by Crippen LogP contribution is 2.34. The number of pyridine rings is 1. The molecule has 0 saturated carbocycles. The van der Waals surface area contributed by atoms with Crippen LogP contribution in [0.3, 0.4) is 0 Å². The fraction of sp³-hybridized carbons (Fsp3) is 0.129. The zero-order valence-corrected chi connectivity index (χ0v) is 21.9. The maximum absolute atomic E-state index is 15.0. The molecule has 3 heterocycles. The Bertz CT molecular complexity index is 1900. The number of hydrogen-bond donors (Lipinski definition) is 2. The first-order chi connectivity index (χ1) is 19.4. The molecular weight excluding hydrogens is 505 g/mol. The van der Waals surface area contributed by atoms with Crippen molar-refractivity contribution in [2.45, 2.75) is 19.9 Å². The highest BCUT2D eigenvalue weighted by molar-refractivity contribution is 5.96. The highest BCUT2D eigenvalue weighted by Gasteiger charge is 2.25. The summed E-state index contributed by atoms with van der Waals surface area (Å²) in [6.45, 7) is 4.09. The van der Waals surface area contributed by atoms with Crippen molar-refractivity contribution < 1.29 is 4.39 Å². The van der Waals surface area contributed by atoms with Crippen molar-refractivity contribution in [3.05, 3.63) is 113 Å². The molecule has 40 heavy (non-hydrogen) atoms. The number of aromatic nitrogens is 5. The van der Waals surface area contributed by atoms with Crippen LogP contribution in [-0.4, -0.2) is 24.5 Å². The number of halogens is 1. The summed E-state index contributed by atoms with van der Waals surface area (Å²) < 4.78 is 16.7. The lowest BCUT2D eigenvalue weighted by molar-refractivity contribution is 0.523. The van der Waals surface area contributed by atoms with Gasteiger partial charge >= 0.3 is 0 Å². The van der Waals surface area contributed by atoms with Crippen molar-refractivity contribution in [1.82, 2.24) is 24.5 Å². The summed E-state index contributed by atoms with van der Waals surface area (Å²) >= 11 is 0. The molecule has 9 heteroatoms. The average Bonchev–Trinajstić information content (AvgIpc) is 2.96. The number of para-hydroxylation sites is 1. The van der Waals surface area contributed by atoms with E-state index >= 15 is 0 Å². The van der Waals surface area contributed by atoms with E-state index in [2.05, 4.69) is 25.3 Å². The van der Waals surface area contributed by atoms with Crippen molar-refractivity contribution in [3.63, 3.8) is 0 Å². The number of nitrogen functional groups attached to an aromatic ring is 1. The minimum absolute atomic E-state index is 0.00252. The SMILES string of the molecule is CC(C)C(Nc1ncnc2cccc(F)c12)c1cc2cccc(-c3cnc(N)nc3)c2c(=O)n1-c1ccccc1. The van der Waals surface area contributed by atoms with E-state index in [0.29, 0.717) is 44.6 Å². The normalized spacial score (nSPS) is 12.2. The van der Waals surface area contributed by atoms with Gasteiger partial charge in [-0.25, -0.2) is 24.3 Å². The number of rotatable bonds is 6. The van der Waals surface area contributed by atoms with E-state index in [1.165, 1.54) is 12.4 Å². The van der Waals surface area contributed by atoms with Crippen LogP contribution in [0.1, 0.15) is 25.6 Å². The number of nitrogens with two attached hydrogens (primary N) is 1. The second kappa shape index (κ2) is 10.2. The summed E-state index contributed by atoms with van der Waals surface area (Å²) in [5.74, 6) is 0.101. The van der Waals surface area contributed by atoms with Crippen molar-refractivity contribution in [3.8, 4) is 16.8 Å². The second-order valence-corrected chi connectivity index (χ2v) is 9.87. The fourth-order valence-corrected chi connectivity index (χ4v) is 5.08. The average molecular weight is 532 g/mol. The molecule has 0 amide bonds. The second-order valence-electron chi connectivity index (χ2n) is 9.87. The Labute approximate surface area is 229 Å². The molecule has 0 spiro atoms. The van der Waals surface area contributed by atoms with E-state index in [1.54, 1.807) is 29.1 Å². The van der Waals surface area contributed by atoms with Crippen LogP contribution in [-0.2, 0) is 0 Å². The van der Waals surface area contributed by atoms with Crippen LogP contribution < -0.4 is 16.6 Å². The molecule has 0 aliphatic heterocycles. The van der Waals surface area contributed by atoms with Gasteiger partial charge in [0.15, 0.2) is 0 Å². The highest BCUT2D eigenvalue weighted by atomic mass is 19.1. The number of anilines is 2. The molecule has 0 aliphatic rings. The molecule has 0 bridgehead atoms. The molecule has 198 valence electrons. The first kappa shape index (κ1) is 25.1. The van der Waals surface area contributed by atoms with Crippen molar-refractivity contribution in [2.24, 2.45) is 5.92 Å². The lowest BCUT2D eigenvalue weighted by Gasteiger charge is -2.28. The van der Waals surface area contributed by atoms with Gasteiger partial charge in [-0.2, -0.15) is 0 Å². The lowest BCUT2D eigenvalue weighted by Crippen LogP contribution is -2.29. The smallest absolute Gasteiger partial charge is 0.263 e. The summed E-state index contributed by atoms with van der Waals surface area (Å²) in [4.78, 5) is 31.3. The van der Waals surface area contributed by atoms with Gasteiger partial charge in [0.2, 0.25) is 5.95 Å². The standard InChI is InChI=1S/C31H26FN7O/c1-18(2)28(38-29-27-23(32)12-7-13-24(27)36-17-37-29)25-14-19-8-6-11-22(20-15-34-31(33)35-16-20)26(19)30(40)39(25)21-9-4-3-5-10-21/h3-18,28H,1-2H3,(H2,33,34,35)(H,36,37,38). The summed E-state index contributed by atoms with van der Waals surface area (Å²) in [7, 11) is 0. The minimum atomic E-state index is -0.419. The Morgan fingerprint density at radius 2 is 1.62 bits per heavy atom. The molecule has 1 unspecified atom stereocenters. The van der Waals surface area contributed by atoms with Gasteiger partial charge in [0, 0.05) is 29.3 Å². The predicted molar refractivity (Wildman–Crippen MR) is 156 cm³/mol. The molecule has 0 radical (unpaired) electrons. The Balaban J connectivity index is 1.61. The summed E-state index contributed by atoms with van der Waals surface area (Å²) in [6, 6.07) is 21.5. The van der Waals surface area contributed by atoms with Gasteiger partial charge in [0.25, 0.3) is 5.56 Å². The lowest BCUT2D eigenvalue weighted by atomic mass is 9.95. The van der Waals surface area contributed by atoms with Gasteiger partial charge in [-0.15, -0.1) is 0 Å². The maximum atomic E-state index is 15.0. The van der Waals surface area contributed by atoms with Crippen molar-refractivity contribution in [2.75, 3.05) is 11.1 Å². The van der Waals surface area contributed by atoms with Gasteiger partial charge in [-0.1, -0.05) is 56.3 Å². The monoisotopic (exact) mass is 531 g/mol. The van der Waals surface area contributed by atoms with E-state index in [-0.39, 0.29) is 17.4 Å². The van der Waals surface area contributed by atoms with Gasteiger partial charge in [-0.05, 0) is 47.2 Å². The van der Waals surface area contributed by atoms with E-state index in [9.17, 15) is 9.18 Å². The Kier molecular flexibility index (Phi) is 6.39. The van der Waals surface area contributed by atoms with Crippen molar-refractivity contribution >= 4 is 33.4 Å². The Morgan fingerprint density at radius 3 is 2.38 bits per heavy atom. The molecule has 3 aromatic carbocycles. The number of benzene rings is 3. The van der Waals surface area contributed by atoms with E-state index in [1.807, 2.05) is 68.4 Å². The number of nitrogens with zero attached hydrogens (tertiary/aromatic N) is 5. The number of hydrogen-bond acceptors (Lipinski definition) is 7. The van der Waals surface area contributed by atoms with Crippen LogP contribution >= 0.6 is 0 Å². The quantitative estimate of drug-likeness (QED) is 0.274. The van der Waals surface area contributed by atoms with E-state index in [4.69, 9.17) is 5.73 Å². The van der Waals surface area contributed by atoms with Gasteiger partial charge in [-0.3, -0.25) is 9.36 Å². The molecule has 1 atom stereocenters. The summed E-state index contributed by atoms with van der Waals surface area (Å²) in [5, 5.41) is 5.04. The molecule has 6 aromatic rings. The largest absolute Gasteiger partial charge is 0.368 e. The third kappa shape index (κ3) is 4.41. The van der Waals surface area contributed by atoms with Crippen LogP contribution in [0.2, 0.25) is 0 Å². The molecule has 0 fully saturated rings. The molecule has 3 aromatic heterocycles. The van der Waals surface area contributed by atoms with Crippen molar-refractivity contribution in [1.29, 1.82) is 0 Å². The third-order valence-corrected chi connectivity index (χ3v) is 6.96. The number of fused-ring (bicyclic) bond motifs is 2. The van der Waals surface area contributed by atoms with Gasteiger partial charge in [0.1, 0.15) is 18.0 Å². The van der Waals surface area contributed by atoms with Crippen LogP contribution in [0, 0.1) is 11.7 Å². The Hall–Kier alpha value is -5.18. The van der Waals surface area contributed by atoms with Gasteiger partial charge in [0.05, 0.1) is 22.3 Å². The molecule has 3 N–H and O–H groups in total. The Morgan fingerprint density at radius 1 is 0.875 bits per heavy atom. The predicted octanol–water partition coefficient (Wildman–Crippen LogP) is 5.92. The van der Waals surface area contributed by atoms with Crippen LogP contribution in [0.15, 0.2) is 96.3 Å². The topological polar surface area (TPSA) is 112 Å². The third-order valence-electron chi connectivity index (χ3n) is 6.96. The number of nitrogens with one attached hydrogen (secondary N) is 1. The van der Waals surface area contributed by atoms with Gasteiger partial charge < -0.3 is 11.1 Å². The molecule has 6 rings (SSSR count). The van der Waals surface area contributed by atoms with Crippen LogP contribution in [0.4, 0.5) is 16.2 Å². The minimum Gasteiger partial charge on any atom is -0.368 e. The molecule has 8 nitrogen and oxygen atoms in total. The van der Waals surface area contributed by atoms with E-state index in [0.717, 1.165) is 5.39 Å². The molecule has 0 aliphatic carbocycles. The molecule has 0 saturated heterocycles. The summed E-state index contributed by atoms with van der Waals surface area (Å²) in [6.07, 6.45) is 4.64. The van der Waals surface area contributed by atoms with Crippen LogP contribution in [0.25, 0.3) is 38.5 Å². The van der Waals surface area contributed by atoms with Crippen LogP contribution in [0.5, 0.6) is 0 Å². The fourth-order valence-electron chi connectivity index (χ4n) is 5.08. The maximum Gasteiger partial charge on any atom is 0.263 e. The first-order valence-corrected chi connectivity index (χ1v) is 12.9. The van der Waals surface area contributed by atoms with E-state index < -0.39 is 11.9 Å². The summed E-state index contributed by atoms with van der Waals surface area (Å²) in [5.41, 5.74) is 8.82.